The van der Waals surface area contributed by atoms with Gasteiger partial charge in [0.25, 0.3) is 5.91 Å². The fourth-order valence-corrected chi connectivity index (χ4v) is 3.09. The number of fused-ring (bicyclic) bond motifs is 1. The number of hydrogen-bond acceptors (Lipinski definition) is 3. The molecule has 29 heavy (non-hydrogen) atoms. The third kappa shape index (κ3) is 5.10. The van der Waals surface area contributed by atoms with Gasteiger partial charge >= 0.3 is 5.97 Å². The number of likely N-dealkylation sites (N-methyl/N-ethyl adjacent to an activating group) is 1. The lowest BCUT2D eigenvalue weighted by Gasteiger charge is -2.25. The van der Waals surface area contributed by atoms with E-state index in [-0.39, 0.29) is 17.9 Å². The Balaban J connectivity index is 0.00000145. The highest BCUT2D eigenvalue weighted by Gasteiger charge is 2.28. The van der Waals surface area contributed by atoms with Crippen molar-refractivity contribution in [3.05, 3.63) is 81.6 Å². The standard InChI is InChI=1S/C21H20N2O4.C2H6/c1-13-7-9-14(10-8-13)20(25)23(2)18(21(26)27)11-15-12-19(24)22-17-6-4-3-5-16(15)17;1-2/h3-10,12,18H,11H2,1-2H3,(H,22,24)(H,26,27);1-2H3. The minimum absolute atomic E-state index is 0.0356. The molecule has 6 heteroatoms. The van der Waals surface area contributed by atoms with Crippen molar-refractivity contribution in [1.29, 1.82) is 0 Å². The number of carbonyl (C=O) groups is 2. The Labute approximate surface area is 169 Å². The monoisotopic (exact) mass is 394 g/mol. The van der Waals surface area contributed by atoms with E-state index >= 15 is 0 Å². The van der Waals surface area contributed by atoms with E-state index in [4.69, 9.17) is 0 Å². The molecule has 1 heterocycles. The molecule has 0 aliphatic rings. The number of aliphatic carboxylic acids is 1. The highest BCUT2D eigenvalue weighted by atomic mass is 16.4. The van der Waals surface area contributed by atoms with Gasteiger partial charge in [0.2, 0.25) is 5.56 Å². The zero-order valence-corrected chi connectivity index (χ0v) is 17.1. The second-order valence-electron chi connectivity index (χ2n) is 6.54. The Morgan fingerprint density at radius 3 is 2.31 bits per heavy atom. The average molecular weight is 394 g/mol. The third-order valence-electron chi connectivity index (χ3n) is 4.62. The second-order valence-corrected chi connectivity index (χ2v) is 6.54. The van der Waals surface area contributed by atoms with Gasteiger partial charge in [0.15, 0.2) is 0 Å². The average Bonchev–Trinajstić information content (AvgIpc) is 2.72. The summed E-state index contributed by atoms with van der Waals surface area (Å²) in [6.07, 6.45) is 0.0356. The summed E-state index contributed by atoms with van der Waals surface area (Å²) in [5.41, 5.74) is 2.35. The molecule has 3 aromatic rings. The normalized spacial score (nSPS) is 11.3. The number of nitrogens with one attached hydrogen (secondary N) is 1. The van der Waals surface area contributed by atoms with Gasteiger partial charge in [0.05, 0.1) is 0 Å². The van der Waals surface area contributed by atoms with Crippen LogP contribution in [0.1, 0.15) is 35.3 Å². The molecule has 1 atom stereocenters. The lowest BCUT2D eigenvalue weighted by atomic mass is 10.00. The Morgan fingerprint density at radius 2 is 1.69 bits per heavy atom. The van der Waals surface area contributed by atoms with Crippen molar-refractivity contribution in [1.82, 2.24) is 9.88 Å². The third-order valence-corrected chi connectivity index (χ3v) is 4.62. The molecule has 2 N–H and O–H groups in total. The molecule has 0 spiro atoms. The number of para-hydroxylation sites is 1. The molecule has 0 fully saturated rings. The first-order valence-corrected chi connectivity index (χ1v) is 9.54. The Hall–Kier alpha value is -3.41. The lowest BCUT2D eigenvalue weighted by molar-refractivity contribution is -0.141. The van der Waals surface area contributed by atoms with Gasteiger partial charge in [-0.2, -0.15) is 0 Å². The summed E-state index contributed by atoms with van der Waals surface area (Å²) in [6, 6.07) is 14.5. The van der Waals surface area contributed by atoms with Crippen LogP contribution in [-0.2, 0) is 11.2 Å². The van der Waals surface area contributed by atoms with Crippen LogP contribution in [0.5, 0.6) is 0 Å². The number of rotatable bonds is 5. The minimum Gasteiger partial charge on any atom is -0.480 e. The van der Waals surface area contributed by atoms with E-state index in [0.717, 1.165) is 10.9 Å². The smallest absolute Gasteiger partial charge is 0.326 e. The van der Waals surface area contributed by atoms with Crippen LogP contribution in [0.3, 0.4) is 0 Å². The second kappa shape index (κ2) is 9.68. The molecule has 0 saturated heterocycles. The quantitative estimate of drug-likeness (QED) is 0.691. The van der Waals surface area contributed by atoms with Crippen LogP contribution in [0.15, 0.2) is 59.4 Å². The number of carbonyl (C=O) groups excluding carboxylic acids is 1. The summed E-state index contributed by atoms with van der Waals surface area (Å²) in [5.74, 6) is -1.50. The van der Waals surface area contributed by atoms with Gasteiger partial charge in [-0.3, -0.25) is 9.59 Å². The van der Waals surface area contributed by atoms with Crippen molar-refractivity contribution in [3.8, 4) is 0 Å². The van der Waals surface area contributed by atoms with Crippen LogP contribution in [0.25, 0.3) is 10.9 Å². The van der Waals surface area contributed by atoms with E-state index in [0.29, 0.717) is 16.6 Å². The molecule has 0 radical (unpaired) electrons. The minimum atomic E-state index is -1.12. The zero-order valence-electron chi connectivity index (χ0n) is 17.1. The molecule has 0 saturated carbocycles. The SMILES string of the molecule is CC.Cc1ccc(C(=O)N(C)C(Cc2cc(=O)[nH]c3ccccc23)C(=O)O)cc1. The number of pyridine rings is 1. The summed E-state index contributed by atoms with van der Waals surface area (Å²) in [7, 11) is 1.47. The molecule has 3 rings (SSSR count). The van der Waals surface area contributed by atoms with Crippen LogP contribution in [0.2, 0.25) is 0 Å². The highest BCUT2D eigenvalue weighted by molar-refractivity contribution is 5.96. The maximum Gasteiger partial charge on any atom is 0.326 e. The van der Waals surface area contributed by atoms with E-state index in [9.17, 15) is 19.5 Å². The number of amides is 1. The Kier molecular flexibility index (Phi) is 7.31. The molecule has 152 valence electrons. The summed E-state index contributed by atoms with van der Waals surface area (Å²) in [5, 5.41) is 10.5. The molecule has 0 bridgehead atoms. The van der Waals surface area contributed by atoms with Crippen molar-refractivity contribution in [2.24, 2.45) is 0 Å². The van der Waals surface area contributed by atoms with E-state index < -0.39 is 12.0 Å². The van der Waals surface area contributed by atoms with E-state index in [1.165, 1.54) is 18.0 Å². The Bertz CT molecular complexity index is 1050. The molecule has 1 aromatic heterocycles. The predicted octanol–water partition coefficient (Wildman–Crippen LogP) is 3.63. The largest absolute Gasteiger partial charge is 0.480 e. The summed E-state index contributed by atoms with van der Waals surface area (Å²) in [4.78, 5) is 40.5. The molecular formula is C23H26N2O4. The lowest BCUT2D eigenvalue weighted by Crippen LogP contribution is -2.44. The number of H-pyrrole nitrogens is 1. The number of hydrogen-bond donors (Lipinski definition) is 2. The fourth-order valence-electron chi connectivity index (χ4n) is 3.09. The number of aryl methyl sites for hydroxylation is 1. The zero-order chi connectivity index (χ0) is 21.6. The van der Waals surface area contributed by atoms with E-state index in [1.54, 1.807) is 36.4 Å². The maximum absolute atomic E-state index is 12.7. The predicted molar refractivity (Wildman–Crippen MR) is 114 cm³/mol. The maximum atomic E-state index is 12.7. The highest BCUT2D eigenvalue weighted by Crippen LogP contribution is 2.19. The summed E-state index contributed by atoms with van der Waals surface area (Å²) >= 11 is 0. The molecule has 1 unspecified atom stereocenters. The van der Waals surface area contributed by atoms with Gasteiger partial charge in [-0.05, 0) is 30.7 Å². The number of carboxylic acids is 1. The van der Waals surface area contributed by atoms with Gasteiger partial charge < -0.3 is 15.0 Å². The van der Waals surface area contributed by atoms with Gasteiger partial charge in [-0.15, -0.1) is 0 Å². The fraction of sp³-hybridized carbons (Fsp3) is 0.261. The number of nitrogens with zero attached hydrogens (tertiary/aromatic N) is 1. The van der Waals surface area contributed by atoms with Crippen LogP contribution < -0.4 is 5.56 Å². The molecular weight excluding hydrogens is 368 g/mol. The van der Waals surface area contributed by atoms with Crippen molar-refractivity contribution >= 4 is 22.8 Å². The van der Waals surface area contributed by atoms with Crippen molar-refractivity contribution in [3.63, 3.8) is 0 Å². The number of carboxylic acid groups (broad SMARTS) is 1. The first-order chi connectivity index (χ1) is 13.9. The molecule has 6 nitrogen and oxygen atoms in total. The number of aromatic amines is 1. The first-order valence-electron chi connectivity index (χ1n) is 9.54. The number of benzene rings is 2. The van der Waals surface area contributed by atoms with Gasteiger partial charge in [-0.1, -0.05) is 49.7 Å². The molecule has 1 amide bonds. The van der Waals surface area contributed by atoms with Crippen molar-refractivity contribution in [2.75, 3.05) is 7.05 Å². The first kappa shape index (κ1) is 21.9. The van der Waals surface area contributed by atoms with Crippen LogP contribution in [0, 0.1) is 6.92 Å². The molecule has 0 aliphatic heterocycles. The van der Waals surface area contributed by atoms with Crippen LogP contribution >= 0.6 is 0 Å². The van der Waals surface area contributed by atoms with Gasteiger partial charge in [0, 0.05) is 36.0 Å². The van der Waals surface area contributed by atoms with Crippen molar-refractivity contribution in [2.45, 2.75) is 33.2 Å². The van der Waals surface area contributed by atoms with Crippen molar-refractivity contribution < 1.29 is 14.7 Å². The van der Waals surface area contributed by atoms with Crippen LogP contribution in [0.4, 0.5) is 0 Å². The topological polar surface area (TPSA) is 90.5 Å². The Morgan fingerprint density at radius 1 is 1.07 bits per heavy atom. The van der Waals surface area contributed by atoms with Gasteiger partial charge in [0.1, 0.15) is 6.04 Å². The summed E-state index contributed by atoms with van der Waals surface area (Å²) < 4.78 is 0. The molecule has 2 aromatic carbocycles. The summed E-state index contributed by atoms with van der Waals surface area (Å²) in [6.45, 7) is 5.91. The van der Waals surface area contributed by atoms with Crippen LogP contribution in [-0.4, -0.2) is 40.0 Å². The molecule has 0 aliphatic carbocycles. The van der Waals surface area contributed by atoms with E-state index in [2.05, 4.69) is 4.98 Å². The van der Waals surface area contributed by atoms with Gasteiger partial charge in [-0.25, -0.2) is 4.79 Å². The number of aromatic nitrogens is 1. The van der Waals surface area contributed by atoms with E-state index in [1.807, 2.05) is 32.9 Å².